The van der Waals surface area contributed by atoms with Gasteiger partial charge in [-0.25, -0.2) is 9.07 Å². The molecule has 0 aliphatic rings. The Morgan fingerprint density at radius 3 is 2.26 bits per heavy atom. The van der Waals surface area contributed by atoms with E-state index in [1.165, 1.54) is 12.1 Å². The first-order valence-corrected chi connectivity index (χ1v) is 12.9. The maximum Gasteiger partial charge on any atom is 0.272 e. The Balaban J connectivity index is 1.92. The van der Waals surface area contributed by atoms with Gasteiger partial charge in [-0.05, 0) is 74.1 Å². The summed E-state index contributed by atoms with van der Waals surface area (Å²) in [7, 11) is 1.58. The van der Waals surface area contributed by atoms with Crippen LogP contribution in [-0.2, 0) is 11.2 Å². The molecule has 0 bridgehead atoms. The average molecular weight is 541 g/mol. The molecule has 1 aromatic heterocycles. The number of carbonyl (C=O) groups is 2. The third-order valence-electron chi connectivity index (χ3n) is 6.51. The van der Waals surface area contributed by atoms with E-state index < -0.39 is 30.4 Å². The lowest BCUT2D eigenvalue weighted by atomic mass is 9.95. The number of amides is 1. The minimum Gasteiger partial charge on any atom is -0.550 e. The van der Waals surface area contributed by atoms with E-state index in [1.54, 1.807) is 23.9 Å². The molecule has 1 heterocycles. The lowest BCUT2D eigenvalue weighted by Crippen LogP contribution is -2.29. The minimum atomic E-state index is -1.40. The number of rotatable bonds is 13. The number of carbonyl (C=O) groups excluding carboxylic acids is 2. The van der Waals surface area contributed by atoms with Crippen LogP contribution in [0.25, 0.3) is 5.69 Å². The zero-order valence-corrected chi connectivity index (χ0v) is 22.6. The van der Waals surface area contributed by atoms with Crippen molar-refractivity contribution in [3.8, 4) is 11.4 Å². The van der Waals surface area contributed by atoms with E-state index in [0.717, 1.165) is 5.56 Å². The van der Waals surface area contributed by atoms with Crippen LogP contribution in [0.3, 0.4) is 0 Å². The Kier molecular flexibility index (Phi) is 10.2. The number of methoxy groups -OCH3 is 1. The number of aliphatic hydroxyl groups is 2. The van der Waals surface area contributed by atoms with E-state index in [9.17, 15) is 29.3 Å². The molecule has 3 atom stereocenters. The Morgan fingerprint density at radius 1 is 1.05 bits per heavy atom. The summed E-state index contributed by atoms with van der Waals surface area (Å²) in [6.07, 6.45) is -2.49. The van der Waals surface area contributed by atoms with Crippen LogP contribution in [0.15, 0.2) is 48.5 Å². The van der Waals surface area contributed by atoms with Gasteiger partial charge in [0.1, 0.15) is 11.6 Å². The first-order chi connectivity index (χ1) is 18.5. The monoisotopic (exact) mass is 540 g/mol. The molecule has 39 heavy (non-hydrogen) atoms. The van der Waals surface area contributed by atoms with E-state index in [1.807, 2.05) is 45.0 Å². The molecule has 0 aliphatic heterocycles. The third kappa shape index (κ3) is 7.87. The summed E-state index contributed by atoms with van der Waals surface area (Å²) < 4.78 is 20.4. The number of aromatic nitrogens is 2. The van der Waals surface area contributed by atoms with Gasteiger partial charge in [0.2, 0.25) is 0 Å². The van der Waals surface area contributed by atoms with Crippen molar-refractivity contribution in [3.05, 3.63) is 76.9 Å². The first kappa shape index (κ1) is 29.8. The van der Waals surface area contributed by atoms with Crippen molar-refractivity contribution >= 4 is 11.9 Å². The molecule has 0 saturated heterocycles. The predicted molar refractivity (Wildman–Crippen MR) is 141 cm³/mol. The summed E-state index contributed by atoms with van der Waals surface area (Å²) in [6, 6.07) is 12.7. The highest BCUT2D eigenvalue weighted by atomic mass is 19.1. The van der Waals surface area contributed by atoms with E-state index >= 15 is 0 Å². The second-order valence-electron chi connectivity index (χ2n) is 9.88. The molecule has 3 rings (SSSR count). The number of benzene rings is 2. The number of halogens is 1. The zero-order chi connectivity index (χ0) is 28.7. The van der Waals surface area contributed by atoms with E-state index in [-0.39, 0.29) is 42.8 Å². The van der Waals surface area contributed by atoms with Gasteiger partial charge in [0.15, 0.2) is 5.69 Å². The van der Waals surface area contributed by atoms with Gasteiger partial charge >= 0.3 is 0 Å². The third-order valence-corrected chi connectivity index (χ3v) is 6.51. The standard InChI is InChI=1S/C29H36FN3O6/c1-17(2)27-25(14-11-22(34)15-23(35)16-26(36)37)33(21-9-7-20(30)8-10-21)32-28(27)29(38)31-18(3)19-5-12-24(39-4)13-6-19/h5-10,12-13,17-18,22-23,34-35H,11,14-16H2,1-4H3,(H,31,38)(H,36,37)/p-1/t18-,22+,23+/m0/s1. The lowest BCUT2D eigenvalue weighted by molar-refractivity contribution is -0.307. The number of aliphatic carboxylic acids is 1. The first-order valence-electron chi connectivity index (χ1n) is 12.9. The van der Waals surface area contributed by atoms with Gasteiger partial charge in [-0.3, -0.25) is 4.79 Å². The molecular formula is C29H35FN3O6-. The quantitative estimate of drug-likeness (QED) is 0.303. The van der Waals surface area contributed by atoms with Crippen LogP contribution in [0.1, 0.15) is 79.3 Å². The molecule has 3 aromatic rings. The molecule has 1 amide bonds. The maximum absolute atomic E-state index is 13.7. The van der Waals surface area contributed by atoms with Crippen LogP contribution in [0.4, 0.5) is 4.39 Å². The molecule has 210 valence electrons. The number of hydrogen-bond donors (Lipinski definition) is 3. The van der Waals surface area contributed by atoms with Crippen molar-refractivity contribution < 1.29 is 34.0 Å². The van der Waals surface area contributed by atoms with Crippen molar-refractivity contribution in [2.45, 2.75) is 70.6 Å². The molecule has 0 unspecified atom stereocenters. The van der Waals surface area contributed by atoms with Crippen LogP contribution in [0, 0.1) is 5.82 Å². The summed E-state index contributed by atoms with van der Waals surface area (Å²) >= 11 is 0. The fourth-order valence-corrected chi connectivity index (χ4v) is 4.53. The van der Waals surface area contributed by atoms with Gasteiger partial charge < -0.3 is 30.2 Å². The van der Waals surface area contributed by atoms with Gasteiger partial charge in [-0.15, -0.1) is 0 Å². The molecule has 3 N–H and O–H groups in total. The number of nitrogens with zero attached hydrogens (tertiary/aromatic N) is 2. The van der Waals surface area contributed by atoms with Crippen LogP contribution >= 0.6 is 0 Å². The van der Waals surface area contributed by atoms with E-state index in [0.29, 0.717) is 22.7 Å². The van der Waals surface area contributed by atoms with Gasteiger partial charge in [-0.1, -0.05) is 26.0 Å². The number of carboxylic acid groups (broad SMARTS) is 1. The number of hydrogen-bond acceptors (Lipinski definition) is 7. The predicted octanol–water partition coefficient (Wildman–Crippen LogP) is 2.82. The highest BCUT2D eigenvalue weighted by Crippen LogP contribution is 2.29. The Hall–Kier alpha value is -3.76. The van der Waals surface area contributed by atoms with Crippen LogP contribution in [0.5, 0.6) is 5.75 Å². The van der Waals surface area contributed by atoms with Crippen molar-refractivity contribution in [1.29, 1.82) is 0 Å². The fraction of sp³-hybridized carbons (Fsp3) is 0.414. The molecule has 0 fully saturated rings. The second-order valence-corrected chi connectivity index (χ2v) is 9.88. The Labute approximate surface area is 227 Å². The highest BCUT2D eigenvalue weighted by molar-refractivity contribution is 5.94. The Morgan fingerprint density at radius 2 is 1.69 bits per heavy atom. The van der Waals surface area contributed by atoms with Gasteiger partial charge in [0.05, 0.1) is 31.0 Å². The van der Waals surface area contributed by atoms with Crippen molar-refractivity contribution in [2.24, 2.45) is 0 Å². The van der Waals surface area contributed by atoms with Crippen LogP contribution in [-0.4, -0.2) is 51.2 Å². The normalized spacial score (nSPS) is 13.6. The summed E-state index contributed by atoms with van der Waals surface area (Å²) in [6.45, 7) is 5.72. The number of carboxylic acids is 1. The highest BCUT2D eigenvalue weighted by Gasteiger charge is 2.27. The largest absolute Gasteiger partial charge is 0.550 e. The summed E-state index contributed by atoms with van der Waals surface area (Å²) in [5, 5.41) is 38.7. The second kappa shape index (κ2) is 13.3. The SMILES string of the molecule is COc1ccc([C@H](C)NC(=O)c2nn(-c3ccc(F)cc3)c(CC[C@@H](O)C[C@@H](O)CC(=O)[O-])c2C(C)C)cc1. The van der Waals surface area contributed by atoms with Crippen LogP contribution < -0.4 is 15.2 Å². The number of aliphatic hydroxyl groups excluding tert-OH is 2. The summed E-state index contributed by atoms with van der Waals surface area (Å²) in [5.74, 6) is -1.61. The molecule has 0 radical (unpaired) electrons. The van der Waals surface area contributed by atoms with Crippen molar-refractivity contribution in [1.82, 2.24) is 15.1 Å². The van der Waals surface area contributed by atoms with Gasteiger partial charge in [-0.2, -0.15) is 5.10 Å². The molecule has 0 saturated carbocycles. The zero-order valence-electron chi connectivity index (χ0n) is 22.6. The van der Waals surface area contributed by atoms with Crippen molar-refractivity contribution in [2.75, 3.05) is 7.11 Å². The fourth-order valence-electron chi connectivity index (χ4n) is 4.53. The van der Waals surface area contributed by atoms with Gasteiger partial charge in [0, 0.05) is 23.6 Å². The molecule has 0 spiro atoms. The lowest BCUT2D eigenvalue weighted by Gasteiger charge is -2.18. The van der Waals surface area contributed by atoms with E-state index in [2.05, 4.69) is 10.4 Å². The summed E-state index contributed by atoms with van der Waals surface area (Å²) in [4.78, 5) is 24.2. The topological polar surface area (TPSA) is 137 Å². The number of ether oxygens (including phenoxy) is 1. The molecule has 2 aromatic carbocycles. The maximum atomic E-state index is 13.7. The summed E-state index contributed by atoms with van der Waals surface area (Å²) in [5.41, 5.74) is 2.98. The Bertz CT molecular complexity index is 1260. The van der Waals surface area contributed by atoms with E-state index in [4.69, 9.17) is 4.74 Å². The molecule has 0 aliphatic carbocycles. The number of nitrogens with one attached hydrogen (secondary N) is 1. The van der Waals surface area contributed by atoms with Crippen molar-refractivity contribution in [3.63, 3.8) is 0 Å². The molecule has 9 nitrogen and oxygen atoms in total. The molecule has 10 heteroatoms. The minimum absolute atomic E-state index is 0.118. The molecular weight excluding hydrogens is 505 g/mol. The average Bonchev–Trinajstić information content (AvgIpc) is 3.27. The smallest absolute Gasteiger partial charge is 0.272 e. The van der Waals surface area contributed by atoms with Gasteiger partial charge in [0.25, 0.3) is 5.91 Å². The van der Waals surface area contributed by atoms with Crippen LogP contribution in [0.2, 0.25) is 0 Å².